The van der Waals surface area contributed by atoms with Crippen LogP contribution in [0.15, 0.2) is 22.7 Å². The first-order chi connectivity index (χ1) is 11.1. The lowest BCUT2D eigenvalue weighted by Crippen LogP contribution is -2.31. The number of benzene rings is 1. The van der Waals surface area contributed by atoms with Crippen LogP contribution in [0.25, 0.3) is 11.4 Å². The predicted molar refractivity (Wildman–Crippen MR) is 83.2 cm³/mol. The first-order valence-electron chi connectivity index (χ1n) is 7.61. The maximum absolute atomic E-state index is 14.1. The lowest BCUT2D eigenvalue weighted by atomic mass is 9.98. The van der Waals surface area contributed by atoms with Gasteiger partial charge in [0.25, 0.3) is 0 Å². The van der Waals surface area contributed by atoms with Crippen LogP contribution in [0.2, 0.25) is 5.02 Å². The summed E-state index contributed by atoms with van der Waals surface area (Å²) in [6, 6.07) is 4.29. The van der Waals surface area contributed by atoms with Crippen LogP contribution in [0, 0.1) is 11.7 Å². The van der Waals surface area contributed by atoms with E-state index < -0.39 is 5.82 Å². The van der Waals surface area contributed by atoms with Gasteiger partial charge in [0.1, 0.15) is 6.04 Å². The van der Waals surface area contributed by atoms with Crippen LogP contribution in [-0.2, 0) is 4.79 Å². The molecule has 0 radical (unpaired) electrons. The van der Waals surface area contributed by atoms with Gasteiger partial charge >= 0.3 is 0 Å². The van der Waals surface area contributed by atoms with Crippen molar-refractivity contribution < 1.29 is 13.7 Å². The Bertz CT molecular complexity index is 713. The zero-order valence-electron chi connectivity index (χ0n) is 12.7. The Morgan fingerprint density at radius 3 is 2.87 bits per heavy atom. The number of aromatic nitrogens is 2. The quantitative estimate of drug-likeness (QED) is 0.918. The summed E-state index contributed by atoms with van der Waals surface area (Å²) >= 11 is 5.79. The normalized spacial score (nSPS) is 16.5. The molecule has 23 heavy (non-hydrogen) atoms. The number of nitrogens with zero attached hydrogens (tertiary/aromatic N) is 2. The first-order valence-corrected chi connectivity index (χ1v) is 7.99. The van der Waals surface area contributed by atoms with Crippen molar-refractivity contribution in [3.63, 3.8) is 0 Å². The van der Waals surface area contributed by atoms with E-state index in [1.54, 1.807) is 12.1 Å². The highest BCUT2D eigenvalue weighted by Gasteiger charge is 2.31. The van der Waals surface area contributed by atoms with Crippen molar-refractivity contribution in [2.24, 2.45) is 5.92 Å². The van der Waals surface area contributed by atoms with E-state index in [2.05, 4.69) is 15.5 Å². The molecule has 1 fully saturated rings. The molecule has 1 N–H and O–H groups in total. The second-order valence-corrected chi connectivity index (χ2v) is 6.19. The predicted octanol–water partition coefficient (Wildman–Crippen LogP) is 3.90. The van der Waals surface area contributed by atoms with Gasteiger partial charge in [0.05, 0.1) is 10.6 Å². The van der Waals surface area contributed by atoms with Gasteiger partial charge in [-0.2, -0.15) is 4.98 Å². The van der Waals surface area contributed by atoms with Crippen LogP contribution >= 0.6 is 11.6 Å². The average Bonchev–Trinajstić information content (AvgIpc) is 3.18. The Kier molecular flexibility index (Phi) is 4.61. The maximum Gasteiger partial charge on any atom is 0.249 e. The summed E-state index contributed by atoms with van der Waals surface area (Å²) in [7, 11) is 0. The minimum atomic E-state index is -0.585. The Morgan fingerprint density at radius 1 is 1.43 bits per heavy atom. The largest absolute Gasteiger partial charge is 0.344 e. The minimum Gasteiger partial charge on any atom is -0.344 e. The zero-order valence-corrected chi connectivity index (χ0v) is 13.4. The smallest absolute Gasteiger partial charge is 0.249 e. The van der Waals surface area contributed by atoms with Crippen molar-refractivity contribution in [3.8, 4) is 11.4 Å². The van der Waals surface area contributed by atoms with Crippen LogP contribution in [-0.4, -0.2) is 16.0 Å². The van der Waals surface area contributed by atoms with Crippen LogP contribution in [0.1, 0.15) is 44.5 Å². The van der Waals surface area contributed by atoms with E-state index in [9.17, 15) is 9.18 Å². The zero-order chi connectivity index (χ0) is 16.4. The molecular formula is C16H17ClFN3O2. The molecule has 0 bridgehead atoms. The summed E-state index contributed by atoms with van der Waals surface area (Å²) in [5, 5.41) is 6.73. The van der Waals surface area contributed by atoms with Crippen molar-refractivity contribution in [2.75, 3.05) is 0 Å². The molecule has 122 valence electrons. The fourth-order valence-electron chi connectivity index (χ4n) is 3.04. The summed E-state index contributed by atoms with van der Waals surface area (Å²) in [6.07, 6.45) is 4.22. The minimum absolute atomic E-state index is 0.00283. The molecule has 0 aliphatic heterocycles. The summed E-state index contributed by atoms with van der Waals surface area (Å²) in [4.78, 5) is 15.8. The van der Waals surface area contributed by atoms with Gasteiger partial charge in [-0.3, -0.25) is 4.79 Å². The van der Waals surface area contributed by atoms with Gasteiger partial charge in [0, 0.05) is 6.92 Å². The Hall–Kier alpha value is -1.95. The number of hydrogen-bond donors (Lipinski definition) is 1. The SMILES string of the molecule is CC(=O)NC(c1nc(-c2cccc(Cl)c2F)no1)C1CCCC1. The van der Waals surface area contributed by atoms with E-state index >= 15 is 0 Å². The number of carbonyl (C=O) groups is 1. The molecule has 1 unspecified atom stereocenters. The van der Waals surface area contributed by atoms with Crippen molar-refractivity contribution in [1.82, 2.24) is 15.5 Å². The molecule has 1 saturated carbocycles. The highest BCUT2D eigenvalue weighted by molar-refractivity contribution is 6.31. The van der Waals surface area contributed by atoms with Gasteiger partial charge in [-0.1, -0.05) is 35.7 Å². The molecule has 2 aromatic rings. The Balaban J connectivity index is 1.92. The van der Waals surface area contributed by atoms with Gasteiger partial charge < -0.3 is 9.84 Å². The van der Waals surface area contributed by atoms with Crippen molar-refractivity contribution in [1.29, 1.82) is 0 Å². The molecule has 0 spiro atoms. The topological polar surface area (TPSA) is 68.0 Å². The van der Waals surface area contributed by atoms with Gasteiger partial charge in [-0.25, -0.2) is 4.39 Å². The van der Waals surface area contributed by atoms with Crippen LogP contribution < -0.4 is 5.32 Å². The molecule has 1 aromatic carbocycles. The number of nitrogens with one attached hydrogen (secondary N) is 1. The Labute approximate surface area is 138 Å². The van der Waals surface area contributed by atoms with Crippen LogP contribution in [0.4, 0.5) is 4.39 Å². The fraction of sp³-hybridized carbons (Fsp3) is 0.438. The third-order valence-electron chi connectivity index (χ3n) is 4.13. The number of halogens is 2. The molecule has 5 nitrogen and oxygen atoms in total. The molecule has 3 rings (SSSR count). The van der Waals surface area contributed by atoms with E-state index in [-0.39, 0.29) is 34.3 Å². The van der Waals surface area contributed by atoms with Crippen molar-refractivity contribution in [3.05, 3.63) is 34.9 Å². The lowest BCUT2D eigenvalue weighted by molar-refractivity contribution is -0.120. The third-order valence-corrected chi connectivity index (χ3v) is 4.42. The van der Waals surface area contributed by atoms with Gasteiger partial charge in [0.15, 0.2) is 5.82 Å². The van der Waals surface area contributed by atoms with E-state index in [0.29, 0.717) is 5.89 Å². The van der Waals surface area contributed by atoms with Crippen LogP contribution in [0.5, 0.6) is 0 Å². The molecule has 7 heteroatoms. The van der Waals surface area contributed by atoms with E-state index in [1.807, 2.05) is 0 Å². The highest BCUT2D eigenvalue weighted by Crippen LogP contribution is 2.36. The van der Waals surface area contributed by atoms with Gasteiger partial charge in [-0.05, 0) is 30.9 Å². The number of rotatable bonds is 4. The van der Waals surface area contributed by atoms with Crippen molar-refractivity contribution >= 4 is 17.5 Å². The third kappa shape index (κ3) is 3.37. The molecule has 1 atom stereocenters. The molecule has 0 saturated heterocycles. The van der Waals surface area contributed by atoms with E-state index in [0.717, 1.165) is 25.7 Å². The Morgan fingerprint density at radius 2 is 2.17 bits per heavy atom. The standard InChI is InChI=1S/C16H17ClFN3O2/c1-9(22)19-14(10-5-2-3-6-10)16-20-15(21-23-16)11-7-4-8-12(17)13(11)18/h4,7-8,10,14H,2-3,5-6H2,1H3,(H,19,22). The first kappa shape index (κ1) is 15.9. The average molecular weight is 338 g/mol. The second kappa shape index (κ2) is 6.66. The molecule has 1 amide bonds. The van der Waals surface area contributed by atoms with E-state index in [1.165, 1.54) is 13.0 Å². The van der Waals surface area contributed by atoms with Crippen LogP contribution in [0.3, 0.4) is 0 Å². The fourth-order valence-corrected chi connectivity index (χ4v) is 3.21. The molecule has 1 heterocycles. The molecule has 1 aliphatic carbocycles. The molecular weight excluding hydrogens is 321 g/mol. The summed E-state index contributed by atoms with van der Waals surface area (Å²) in [6.45, 7) is 1.45. The second-order valence-electron chi connectivity index (χ2n) is 5.78. The molecule has 1 aliphatic rings. The van der Waals surface area contributed by atoms with Gasteiger partial charge in [-0.15, -0.1) is 0 Å². The van der Waals surface area contributed by atoms with Crippen molar-refractivity contribution in [2.45, 2.75) is 38.6 Å². The lowest BCUT2D eigenvalue weighted by Gasteiger charge is -2.20. The summed E-state index contributed by atoms with van der Waals surface area (Å²) in [5.74, 6) is -0.0414. The maximum atomic E-state index is 14.1. The summed E-state index contributed by atoms with van der Waals surface area (Å²) < 4.78 is 19.4. The number of hydrogen-bond acceptors (Lipinski definition) is 4. The number of carbonyl (C=O) groups excluding carboxylic acids is 1. The molecule has 1 aromatic heterocycles. The monoisotopic (exact) mass is 337 g/mol. The highest BCUT2D eigenvalue weighted by atomic mass is 35.5. The van der Waals surface area contributed by atoms with E-state index in [4.69, 9.17) is 16.1 Å². The summed E-state index contributed by atoms with van der Waals surface area (Å²) in [5.41, 5.74) is 0.181. The number of amides is 1. The van der Waals surface area contributed by atoms with Gasteiger partial charge in [0.2, 0.25) is 17.6 Å².